The van der Waals surface area contributed by atoms with Gasteiger partial charge in [-0.15, -0.1) is 11.3 Å². The minimum Gasteiger partial charge on any atom is -0.352 e. The van der Waals surface area contributed by atoms with Crippen LogP contribution in [0.25, 0.3) is 21.7 Å². The van der Waals surface area contributed by atoms with Gasteiger partial charge in [-0.2, -0.15) is 0 Å². The van der Waals surface area contributed by atoms with Gasteiger partial charge in [-0.3, -0.25) is 4.79 Å². The Labute approximate surface area is 146 Å². The molecule has 1 amide bonds. The Morgan fingerprint density at radius 3 is 3.04 bits per heavy atom. The first-order valence-corrected chi connectivity index (χ1v) is 8.57. The molecule has 0 saturated carbocycles. The number of H-pyrrole nitrogens is 2. The van der Waals surface area contributed by atoms with Crippen molar-refractivity contribution in [2.75, 3.05) is 6.54 Å². The molecule has 4 rings (SSSR count). The van der Waals surface area contributed by atoms with Crippen LogP contribution in [0.3, 0.4) is 0 Å². The predicted octanol–water partition coefficient (Wildman–Crippen LogP) is 3.13. The summed E-state index contributed by atoms with van der Waals surface area (Å²) in [5.74, 6) is -0.367. The maximum absolute atomic E-state index is 14.3. The third-order valence-corrected chi connectivity index (χ3v) is 4.68. The van der Waals surface area contributed by atoms with Crippen LogP contribution in [0.2, 0.25) is 0 Å². The van der Waals surface area contributed by atoms with E-state index in [0.717, 1.165) is 10.6 Å². The first-order chi connectivity index (χ1) is 12.2. The number of fused-ring (bicyclic) bond motifs is 1. The Kier molecular flexibility index (Phi) is 4.02. The van der Waals surface area contributed by atoms with Crippen LogP contribution in [-0.4, -0.2) is 32.4 Å². The monoisotopic (exact) mass is 355 g/mol. The van der Waals surface area contributed by atoms with Gasteiger partial charge in [-0.25, -0.2) is 14.4 Å². The van der Waals surface area contributed by atoms with Crippen molar-refractivity contribution < 1.29 is 9.18 Å². The summed E-state index contributed by atoms with van der Waals surface area (Å²) in [7, 11) is 0. The Morgan fingerprint density at radius 2 is 2.28 bits per heavy atom. The molecule has 1 aromatic carbocycles. The van der Waals surface area contributed by atoms with Crippen LogP contribution in [0.4, 0.5) is 4.39 Å². The average Bonchev–Trinajstić information content (AvgIpc) is 3.34. The van der Waals surface area contributed by atoms with E-state index in [9.17, 15) is 9.18 Å². The third kappa shape index (κ3) is 3.16. The molecule has 4 aromatic rings. The molecular formula is C17H14FN5OS. The van der Waals surface area contributed by atoms with Gasteiger partial charge in [0.2, 0.25) is 0 Å². The number of hydrogen-bond donors (Lipinski definition) is 3. The summed E-state index contributed by atoms with van der Waals surface area (Å²) < 4.78 is 14.3. The van der Waals surface area contributed by atoms with Crippen molar-refractivity contribution in [2.45, 2.75) is 6.42 Å². The standard InChI is InChI=1S/C17H14FN5OS/c18-12-7-14-13(22-16(23-14)15-2-1-5-25-15)6-11(12)17(24)20-4-3-10-8-19-9-21-10/h1-2,5-9H,3-4H2,(H,19,21)(H,20,24)(H,22,23). The summed E-state index contributed by atoms with van der Waals surface area (Å²) in [6, 6.07) is 6.64. The number of carbonyl (C=O) groups excluding carboxylic acids is 1. The van der Waals surface area contributed by atoms with E-state index >= 15 is 0 Å². The van der Waals surface area contributed by atoms with Crippen LogP contribution in [0, 0.1) is 5.82 Å². The largest absolute Gasteiger partial charge is 0.352 e. The number of benzene rings is 1. The molecule has 0 spiro atoms. The topological polar surface area (TPSA) is 86.5 Å². The van der Waals surface area contributed by atoms with Crippen molar-refractivity contribution in [3.05, 3.63) is 59.2 Å². The van der Waals surface area contributed by atoms with Gasteiger partial charge in [0.05, 0.1) is 27.8 Å². The number of thiophene rings is 1. The van der Waals surface area contributed by atoms with Crippen molar-refractivity contribution in [3.8, 4) is 10.7 Å². The minimum atomic E-state index is -0.576. The SMILES string of the molecule is O=C(NCCc1cnc[nH]1)c1cc2nc(-c3cccs3)[nH]c2cc1F. The highest BCUT2D eigenvalue weighted by atomic mass is 32.1. The average molecular weight is 355 g/mol. The summed E-state index contributed by atoms with van der Waals surface area (Å²) in [5.41, 5.74) is 2.02. The van der Waals surface area contributed by atoms with E-state index in [1.165, 1.54) is 12.1 Å². The first kappa shape index (κ1) is 15.5. The lowest BCUT2D eigenvalue weighted by Crippen LogP contribution is -2.26. The van der Waals surface area contributed by atoms with Crippen LogP contribution < -0.4 is 5.32 Å². The molecule has 25 heavy (non-hydrogen) atoms. The van der Waals surface area contributed by atoms with E-state index in [1.807, 2.05) is 17.5 Å². The highest BCUT2D eigenvalue weighted by Gasteiger charge is 2.15. The number of nitrogens with one attached hydrogen (secondary N) is 3. The number of halogens is 1. The summed E-state index contributed by atoms with van der Waals surface area (Å²) in [6.07, 6.45) is 3.86. The lowest BCUT2D eigenvalue weighted by atomic mass is 10.1. The molecule has 8 heteroatoms. The fourth-order valence-corrected chi connectivity index (χ4v) is 3.23. The highest BCUT2D eigenvalue weighted by Crippen LogP contribution is 2.26. The second-order valence-corrected chi connectivity index (χ2v) is 6.44. The van der Waals surface area contributed by atoms with Crippen LogP contribution >= 0.6 is 11.3 Å². The van der Waals surface area contributed by atoms with Crippen molar-refractivity contribution in [2.24, 2.45) is 0 Å². The molecular weight excluding hydrogens is 341 g/mol. The number of nitrogens with zero attached hydrogens (tertiary/aromatic N) is 2. The zero-order chi connectivity index (χ0) is 17.2. The Morgan fingerprint density at radius 1 is 1.36 bits per heavy atom. The van der Waals surface area contributed by atoms with Crippen molar-refractivity contribution in [3.63, 3.8) is 0 Å². The first-order valence-electron chi connectivity index (χ1n) is 7.69. The fraction of sp³-hybridized carbons (Fsp3) is 0.118. The molecule has 0 radical (unpaired) electrons. The van der Waals surface area contributed by atoms with Crippen molar-refractivity contribution in [1.82, 2.24) is 25.3 Å². The minimum absolute atomic E-state index is 0.0126. The van der Waals surface area contributed by atoms with E-state index in [4.69, 9.17) is 0 Å². The molecule has 3 N–H and O–H groups in total. The summed E-state index contributed by atoms with van der Waals surface area (Å²) >= 11 is 1.54. The van der Waals surface area contributed by atoms with Gasteiger partial charge >= 0.3 is 0 Å². The number of imidazole rings is 2. The van der Waals surface area contributed by atoms with Gasteiger partial charge in [-0.05, 0) is 17.5 Å². The van der Waals surface area contributed by atoms with Crippen LogP contribution in [0.5, 0.6) is 0 Å². The lowest BCUT2D eigenvalue weighted by Gasteiger charge is -2.05. The van der Waals surface area contributed by atoms with Gasteiger partial charge in [0.15, 0.2) is 0 Å². The Hall–Kier alpha value is -3.00. The number of carbonyl (C=O) groups is 1. The fourth-order valence-electron chi connectivity index (χ4n) is 2.56. The maximum Gasteiger partial charge on any atom is 0.254 e. The molecule has 0 aliphatic carbocycles. The molecule has 6 nitrogen and oxygen atoms in total. The lowest BCUT2D eigenvalue weighted by molar-refractivity contribution is 0.0950. The van der Waals surface area contributed by atoms with Gasteiger partial charge in [-0.1, -0.05) is 6.07 Å². The van der Waals surface area contributed by atoms with Crippen molar-refractivity contribution in [1.29, 1.82) is 0 Å². The molecule has 3 heterocycles. The normalized spacial score (nSPS) is 11.1. The molecule has 0 unspecified atom stereocenters. The van der Waals surface area contributed by atoms with E-state index < -0.39 is 11.7 Å². The third-order valence-electron chi connectivity index (χ3n) is 3.80. The number of amides is 1. The van der Waals surface area contributed by atoms with Gasteiger partial charge in [0, 0.05) is 30.9 Å². The summed E-state index contributed by atoms with van der Waals surface area (Å²) in [6.45, 7) is 0.388. The quantitative estimate of drug-likeness (QED) is 0.514. The molecule has 0 atom stereocenters. The van der Waals surface area contributed by atoms with Crippen LogP contribution in [0.1, 0.15) is 16.1 Å². The molecule has 0 saturated heterocycles. The zero-order valence-electron chi connectivity index (χ0n) is 13.0. The van der Waals surface area contributed by atoms with Gasteiger partial charge in [0.1, 0.15) is 11.6 Å². The second kappa shape index (κ2) is 6.48. The second-order valence-electron chi connectivity index (χ2n) is 5.49. The number of aromatic amines is 2. The number of aromatic nitrogens is 4. The molecule has 0 bridgehead atoms. The van der Waals surface area contributed by atoms with Crippen LogP contribution in [0.15, 0.2) is 42.2 Å². The molecule has 0 fully saturated rings. The van der Waals surface area contributed by atoms with Crippen molar-refractivity contribution >= 4 is 28.3 Å². The molecule has 0 aliphatic heterocycles. The van der Waals surface area contributed by atoms with E-state index in [1.54, 1.807) is 23.9 Å². The molecule has 0 aliphatic rings. The van der Waals surface area contributed by atoms with E-state index in [0.29, 0.717) is 29.8 Å². The number of rotatable bonds is 5. The molecule has 3 aromatic heterocycles. The number of hydrogen-bond acceptors (Lipinski definition) is 4. The Bertz CT molecular complexity index is 1010. The van der Waals surface area contributed by atoms with Gasteiger partial charge in [0.25, 0.3) is 5.91 Å². The maximum atomic E-state index is 14.3. The summed E-state index contributed by atoms with van der Waals surface area (Å²) in [5, 5.41) is 4.66. The molecule has 126 valence electrons. The van der Waals surface area contributed by atoms with E-state index in [2.05, 4.69) is 25.3 Å². The highest BCUT2D eigenvalue weighted by molar-refractivity contribution is 7.13. The smallest absolute Gasteiger partial charge is 0.254 e. The Balaban J connectivity index is 1.54. The predicted molar refractivity (Wildman–Crippen MR) is 94.0 cm³/mol. The van der Waals surface area contributed by atoms with Crippen LogP contribution in [-0.2, 0) is 6.42 Å². The zero-order valence-corrected chi connectivity index (χ0v) is 13.9. The summed E-state index contributed by atoms with van der Waals surface area (Å²) in [4.78, 5) is 27.6. The van der Waals surface area contributed by atoms with Gasteiger partial charge < -0.3 is 15.3 Å². The van der Waals surface area contributed by atoms with E-state index in [-0.39, 0.29) is 5.56 Å².